The Balaban J connectivity index is 2.21. The zero-order valence-electron chi connectivity index (χ0n) is 13.1. The molecule has 0 radical (unpaired) electrons. The molecule has 0 amide bonds. The highest BCUT2D eigenvalue weighted by Crippen LogP contribution is 2.33. The molecule has 1 aliphatic heterocycles. The van der Waals surface area contributed by atoms with Crippen LogP contribution in [0.1, 0.15) is 25.0 Å². The number of nitrogens with zero attached hydrogens (tertiary/aromatic N) is 1. The van der Waals surface area contributed by atoms with Gasteiger partial charge in [-0.05, 0) is 31.9 Å². The lowest BCUT2D eigenvalue weighted by atomic mass is 10.0. The van der Waals surface area contributed by atoms with E-state index in [4.69, 9.17) is 9.47 Å². The van der Waals surface area contributed by atoms with E-state index in [0.29, 0.717) is 12.3 Å². The number of aromatic hydroxyl groups is 1. The third-order valence-electron chi connectivity index (χ3n) is 3.70. The summed E-state index contributed by atoms with van der Waals surface area (Å²) >= 11 is 0. The normalized spacial score (nSPS) is 23.0. The van der Waals surface area contributed by atoms with Crippen molar-refractivity contribution in [3.05, 3.63) is 35.9 Å². The van der Waals surface area contributed by atoms with Crippen LogP contribution in [0.25, 0.3) is 0 Å². The molecule has 4 heteroatoms. The van der Waals surface area contributed by atoms with E-state index in [1.54, 1.807) is 7.11 Å². The molecule has 1 N–H and O–H groups in total. The largest absolute Gasteiger partial charge is 0.504 e. The number of hydrogen-bond acceptors (Lipinski definition) is 4. The first kappa shape index (κ1) is 15.9. The van der Waals surface area contributed by atoms with Crippen molar-refractivity contribution in [2.45, 2.75) is 39.0 Å². The molecule has 116 valence electrons. The lowest BCUT2D eigenvalue weighted by Gasteiger charge is -2.35. The molecule has 1 aromatic carbocycles. The number of benzene rings is 1. The third kappa shape index (κ3) is 3.99. The molecule has 2 unspecified atom stereocenters. The van der Waals surface area contributed by atoms with E-state index in [9.17, 15) is 5.11 Å². The molecule has 1 heterocycles. The molecule has 0 bridgehead atoms. The molecule has 1 saturated heterocycles. The van der Waals surface area contributed by atoms with Crippen LogP contribution in [0.15, 0.2) is 24.8 Å². The van der Waals surface area contributed by atoms with Crippen molar-refractivity contribution in [1.82, 2.24) is 4.90 Å². The van der Waals surface area contributed by atoms with Crippen LogP contribution in [-0.2, 0) is 17.7 Å². The molecule has 0 spiro atoms. The summed E-state index contributed by atoms with van der Waals surface area (Å²) < 4.78 is 11.0. The summed E-state index contributed by atoms with van der Waals surface area (Å²) in [5.41, 5.74) is 2.00. The average molecular weight is 291 g/mol. The number of ether oxygens (including phenoxy) is 2. The molecule has 1 aromatic rings. The molecular formula is C17H25NO3. The van der Waals surface area contributed by atoms with E-state index in [1.807, 2.05) is 18.2 Å². The maximum atomic E-state index is 10.3. The first-order valence-corrected chi connectivity index (χ1v) is 7.41. The summed E-state index contributed by atoms with van der Waals surface area (Å²) in [6.07, 6.45) is 3.05. The maximum absolute atomic E-state index is 10.3. The molecule has 0 aliphatic carbocycles. The van der Waals surface area contributed by atoms with E-state index in [0.717, 1.165) is 30.6 Å². The lowest BCUT2D eigenvalue weighted by molar-refractivity contribution is -0.0706. The molecule has 1 aliphatic rings. The number of phenols is 1. The highest BCUT2D eigenvalue weighted by atomic mass is 16.5. The van der Waals surface area contributed by atoms with Crippen LogP contribution in [0.2, 0.25) is 0 Å². The van der Waals surface area contributed by atoms with Crippen molar-refractivity contribution >= 4 is 0 Å². The number of hydrogen-bond donors (Lipinski definition) is 1. The van der Waals surface area contributed by atoms with Crippen LogP contribution in [-0.4, -0.2) is 42.4 Å². The van der Waals surface area contributed by atoms with Crippen LogP contribution in [0.5, 0.6) is 11.5 Å². The molecule has 2 atom stereocenters. The highest BCUT2D eigenvalue weighted by Gasteiger charge is 2.23. The predicted molar refractivity (Wildman–Crippen MR) is 83.8 cm³/mol. The minimum Gasteiger partial charge on any atom is -0.504 e. The molecule has 2 rings (SSSR count). The molecular weight excluding hydrogens is 266 g/mol. The predicted octanol–water partition coefficient (Wildman–Crippen LogP) is 2.74. The Morgan fingerprint density at radius 2 is 2.05 bits per heavy atom. The van der Waals surface area contributed by atoms with Gasteiger partial charge in [-0.15, -0.1) is 6.58 Å². The topological polar surface area (TPSA) is 41.9 Å². The quantitative estimate of drug-likeness (QED) is 0.847. The first-order chi connectivity index (χ1) is 10.0. The third-order valence-corrected chi connectivity index (χ3v) is 3.70. The van der Waals surface area contributed by atoms with Crippen molar-refractivity contribution in [3.63, 3.8) is 0 Å². The number of methoxy groups -OCH3 is 1. The SMILES string of the molecule is C=CCc1cc(CN2CC(C)OC(C)C2)c(O)c(OC)c1. The van der Waals surface area contributed by atoms with Crippen LogP contribution in [0, 0.1) is 0 Å². The number of rotatable bonds is 5. The summed E-state index contributed by atoms with van der Waals surface area (Å²) in [4.78, 5) is 2.31. The van der Waals surface area contributed by atoms with Crippen molar-refractivity contribution in [2.24, 2.45) is 0 Å². The molecule has 4 nitrogen and oxygen atoms in total. The van der Waals surface area contributed by atoms with Gasteiger partial charge in [0.25, 0.3) is 0 Å². The fraction of sp³-hybridized carbons (Fsp3) is 0.529. The molecule has 0 saturated carbocycles. The van der Waals surface area contributed by atoms with Gasteiger partial charge in [-0.3, -0.25) is 4.90 Å². The minimum atomic E-state index is 0.217. The second-order valence-electron chi connectivity index (χ2n) is 5.75. The summed E-state index contributed by atoms with van der Waals surface area (Å²) in [5, 5.41) is 10.3. The zero-order chi connectivity index (χ0) is 15.4. The number of morpholine rings is 1. The Bertz CT molecular complexity index is 491. The number of phenolic OH excluding ortho intramolecular Hbond substituents is 1. The fourth-order valence-corrected chi connectivity index (χ4v) is 2.94. The number of allylic oxidation sites excluding steroid dienone is 1. The van der Waals surface area contributed by atoms with Gasteiger partial charge in [0.1, 0.15) is 0 Å². The van der Waals surface area contributed by atoms with Crippen LogP contribution in [0.3, 0.4) is 0 Å². The second kappa shape index (κ2) is 6.96. The Morgan fingerprint density at radius 3 is 2.62 bits per heavy atom. The van der Waals surface area contributed by atoms with Crippen LogP contribution < -0.4 is 4.74 Å². The zero-order valence-corrected chi connectivity index (χ0v) is 13.1. The van der Waals surface area contributed by atoms with Crippen molar-refractivity contribution < 1.29 is 14.6 Å². The molecule has 0 aromatic heterocycles. The van der Waals surface area contributed by atoms with Gasteiger partial charge in [0.2, 0.25) is 0 Å². The van der Waals surface area contributed by atoms with Crippen LogP contribution in [0.4, 0.5) is 0 Å². The van der Waals surface area contributed by atoms with E-state index in [-0.39, 0.29) is 18.0 Å². The van der Waals surface area contributed by atoms with E-state index < -0.39 is 0 Å². The van der Waals surface area contributed by atoms with E-state index in [1.165, 1.54) is 0 Å². The fourth-order valence-electron chi connectivity index (χ4n) is 2.94. The second-order valence-corrected chi connectivity index (χ2v) is 5.75. The lowest BCUT2D eigenvalue weighted by Crippen LogP contribution is -2.44. The van der Waals surface area contributed by atoms with Crippen molar-refractivity contribution in [2.75, 3.05) is 20.2 Å². The van der Waals surface area contributed by atoms with Crippen LogP contribution >= 0.6 is 0 Å². The Morgan fingerprint density at radius 1 is 1.38 bits per heavy atom. The van der Waals surface area contributed by atoms with Gasteiger partial charge in [0.05, 0.1) is 19.3 Å². The van der Waals surface area contributed by atoms with Gasteiger partial charge in [0, 0.05) is 25.2 Å². The highest BCUT2D eigenvalue weighted by molar-refractivity contribution is 5.48. The van der Waals surface area contributed by atoms with Gasteiger partial charge < -0.3 is 14.6 Å². The van der Waals surface area contributed by atoms with Crippen molar-refractivity contribution in [1.29, 1.82) is 0 Å². The average Bonchev–Trinajstić information content (AvgIpc) is 2.41. The first-order valence-electron chi connectivity index (χ1n) is 7.41. The Kier molecular flexibility index (Phi) is 5.26. The molecule has 1 fully saturated rings. The minimum absolute atomic E-state index is 0.217. The summed E-state index contributed by atoms with van der Waals surface area (Å²) in [6.45, 7) is 10.4. The summed E-state index contributed by atoms with van der Waals surface area (Å²) in [6, 6.07) is 3.90. The molecule has 21 heavy (non-hydrogen) atoms. The summed E-state index contributed by atoms with van der Waals surface area (Å²) in [7, 11) is 1.58. The Labute approximate surface area is 127 Å². The van der Waals surface area contributed by atoms with Gasteiger partial charge in [-0.25, -0.2) is 0 Å². The monoisotopic (exact) mass is 291 g/mol. The Hall–Kier alpha value is -1.52. The van der Waals surface area contributed by atoms with Gasteiger partial charge in [0.15, 0.2) is 11.5 Å². The maximum Gasteiger partial charge on any atom is 0.162 e. The van der Waals surface area contributed by atoms with Crippen molar-refractivity contribution in [3.8, 4) is 11.5 Å². The van der Waals surface area contributed by atoms with Gasteiger partial charge in [-0.1, -0.05) is 12.1 Å². The van der Waals surface area contributed by atoms with E-state index >= 15 is 0 Å². The van der Waals surface area contributed by atoms with Gasteiger partial charge in [-0.2, -0.15) is 0 Å². The van der Waals surface area contributed by atoms with E-state index in [2.05, 4.69) is 25.3 Å². The standard InChI is InChI=1S/C17H25NO3/c1-5-6-14-7-15(17(19)16(8-14)20-4)11-18-9-12(2)21-13(3)10-18/h5,7-8,12-13,19H,1,6,9-11H2,2-4H3. The summed E-state index contributed by atoms with van der Waals surface area (Å²) in [5.74, 6) is 0.760. The smallest absolute Gasteiger partial charge is 0.162 e. The van der Waals surface area contributed by atoms with Gasteiger partial charge >= 0.3 is 0 Å².